The molecular weight excluding hydrogens is 373 g/mol. The Morgan fingerprint density at radius 3 is 2.16 bits per heavy atom. The van der Waals surface area contributed by atoms with Crippen LogP contribution in [0.3, 0.4) is 0 Å². The average Bonchev–Trinajstić information content (AvgIpc) is 2.50. The van der Waals surface area contributed by atoms with Crippen LogP contribution in [-0.2, 0) is 9.59 Å². The first kappa shape index (κ1) is 19.1. The summed E-state index contributed by atoms with van der Waals surface area (Å²) in [5.41, 5.74) is -0.0949. The van der Waals surface area contributed by atoms with Crippen molar-refractivity contribution in [1.82, 2.24) is 0 Å². The van der Waals surface area contributed by atoms with Crippen LogP contribution in [0.4, 0.5) is 20.2 Å². The number of anilines is 2. The fraction of sp³-hybridized carbons (Fsp3) is 0.176. The second-order valence-corrected chi connectivity index (χ2v) is 6.07. The van der Waals surface area contributed by atoms with Crippen LogP contribution < -0.4 is 10.2 Å². The Labute approximate surface area is 153 Å². The zero-order chi connectivity index (χ0) is 18.6. The van der Waals surface area contributed by atoms with E-state index >= 15 is 0 Å². The van der Waals surface area contributed by atoms with E-state index in [2.05, 4.69) is 5.32 Å². The molecule has 1 N–H and O–H groups in total. The zero-order valence-corrected chi connectivity index (χ0v) is 14.7. The van der Waals surface area contributed by atoms with Crippen molar-refractivity contribution in [2.45, 2.75) is 13.3 Å². The van der Waals surface area contributed by atoms with E-state index in [9.17, 15) is 18.4 Å². The molecule has 132 valence electrons. The lowest BCUT2D eigenvalue weighted by atomic mass is 10.2. The molecule has 0 saturated heterocycles. The highest BCUT2D eigenvalue weighted by Crippen LogP contribution is 2.26. The van der Waals surface area contributed by atoms with Gasteiger partial charge in [-0.15, -0.1) is 0 Å². The summed E-state index contributed by atoms with van der Waals surface area (Å²) in [4.78, 5) is 25.1. The minimum absolute atomic E-state index is 0.00604. The molecule has 0 radical (unpaired) electrons. The summed E-state index contributed by atoms with van der Waals surface area (Å²) in [5, 5.41) is 2.85. The molecule has 8 heteroatoms. The summed E-state index contributed by atoms with van der Waals surface area (Å²) in [6, 6.07) is 7.84. The van der Waals surface area contributed by atoms with Gasteiger partial charge in [-0.3, -0.25) is 9.59 Å². The van der Waals surface area contributed by atoms with Gasteiger partial charge in [0.25, 0.3) is 0 Å². The van der Waals surface area contributed by atoms with Crippen LogP contribution in [0.25, 0.3) is 0 Å². The summed E-state index contributed by atoms with van der Waals surface area (Å²) < 4.78 is 27.1. The molecule has 2 rings (SSSR count). The van der Waals surface area contributed by atoms with E-state index in [1.807, 2.05) is 0 Å². The van der Waals surface area contributed by atoms with E-state index in [0.29, 0.717) is 15.7 Å². The summed E-state index contributed by atoms with van der Waals surface area (Å²) in [7, 11) is 0. The third kappa shape index (κ3) is 5.14. The molecule has 0 spiro atoms. The van der Waals surface area contributed by atoms with Gasteiger partial charge in [0.15, 0.2) is 0 Å². The number of para-hydroxylation sites is 1. The van der Waals surface area contributed by atoms with Gasteiger partial charge in [-0.05, 0) is 30.3 Å². The minimum Gasteiger partial charge on any atom is -0.321 e. The lowest BCUT2D eigenvalue weighted by Gasteiger charge is -2.21. The van der Waals surface area contributed by atoms with Gasteiger partial charge in [-0.1, -0.05) is 29.3 Å². The number of hydrogen-bond donors (Lipinski definition) is 1. The zero-order valence-electron chi connectivity index (χ0n) is 13.2. The third-order valence-corrected chi connectivity index (χ3v) is 3.77. The molecule has 0 fully saturated rings. The van der Waals surface area contributed by atoms with Gasteiger partial charge in [0, 0.05) is 35.6 Å². The van der Waals surface area contributed by atoms with Crippen LogP contribution in [0, 0.1) is 11.6 Å². The largest absolute Gasteiger partial charge is 0.321 e. The van der Waals surface area contributed by atoms with Crippen molar-refractivity contribution in [2.24, 2.45) is 0 Å². The van der Waals surface area contributed by atoms with Gasteiger partial charge in [0.2, 0.25) is 11.8 Å². The Morgan fingerprint density at radius 2 is 1.64 bits per heavy atom. The minimum atomic E-state index is -0.876. The molecule has 0 aliphatic rings. The molecule has 0 aromatic heterocycles. The highest BCUT2D eigenvalue weighted by atomic mass is 35.5. The second kappa shape index (κ2) is 8.27. The fourth-order valence-electron chi connectivity index (χ4n) is 2.20. The van der Waals surface area contributed by atoms with Crippen molar-refractivity contribution < 1.29 is 18.4 Å². The molecule has 0 aliphatic carbocycles. The number of hydrogen-bond acceptors (Lipinski definition) is 2. The smallest absolute Gasteiger partial charge is 0.226 e. The van der Waals surface area contributed by atoms with Gasteiger partial charge >= 0.3 is 0 Å². The first-order valence-corrected chi connectivity index (χ1v) is 8.01. The van der Waals surface area contributed by atoms with Gasteiger partial charge in [0.1, 0.15) is 17.3 Å². The SMILES string of the molecule is CC(=O)N(CCC(=O)Nc1c(F)cccc1F)c1cc(Cl)cc(Cl)c1. The molecule has 0 bridgehead atoms. The third-order valence-electron chi connectivity index (χ3n) is 3.33. The highest BCUT2D eigenvalue weighted by Gasteiger charge is 2.16. The monoisotopic (exact) mass is 386 g/mol. The highest BCUT2D eigenvalue weighted by molar-refractivity contribution is 6.35. The predicted octanol–water partition coefficient (Wildman–Crippen LogP) is 4.65. The average molecular weight is 387 g/mol. The normalized spacial score (nSPS) is 10.4. The Balaban J connectivity index is 2.08. The lowest BCUT2D eigenvalue weighted by Crippen LogP contribution is -2.32. The molecule has 0 atom stereocenters. The molecule has 0 heterocycles. The summed E-state index contributed by atoms with van der Waals surface area (Å²) in [5.74, 6) is -2.72. The molecule has 0 aliphatic heterocycles. The maximum atomic E-state index is 13.5. The molecule has 0 saturated carbocycles. The Hall–Kier alpha value is -2.18. The molecule has 2 aromatic rings. The molecule has 25 heavy (non-hydrogen) atoms. The molecule has 0 unspecified atom stereocenters. The van der Waals surface area contributed by atoms with Crippen molar-refractivity contribution in [3.05, 3.63) is 58.1 Å². The summed E-state index contributed by atoms with van der Waals surface area (Å²) in [6.45, 7) is 1.32. The number of amides is 2. The van der Waals surface area contributed by atoms with Crippen LogP contribution in [0.1, 0.15) is 13.3 Å². The van der Waals surface area contributed by atoms with E-state index in [4.69, 9.17) is 23.2 Å². The Bertz CT molecular complexity index is 775. The number of benzene rings is 2. The van der Waals surface area contributed by atoms with Crippen LogP contribution in [-0.4, -0.2) is 18.4 Å². The van der Waals surface area contributed by atoms with E-state index in [0.717, 1.165) is 12.1 Å². The van der Waals surface area contributed by atoms with Gasteiger partial charge in [-0.25, -0.2) is 8.78 Å². The maximum absolute atomic E-state index is 13.5. The predicted molar refractivity (Wildman–Crippen MR) is 94.1 cm³/mol. The van der Waals surface area contributed by atoms with E-state index in [-0.39, 0.29) is 18.9 Å². The topological polar surface area (TPSA) is 49.4 Å². The maximum Gasteiger partial charge on any atom is 0.226 e. The Morgan fingerprint density at radius 1 is 1.08 bits per heavy atom. The van der Waals surface area contributed by atoms with Gasteiger partial charge in [-0.2, -0.15) is 0 Å². The summed E-state index contributed by atoms with van der Waals surface area (Å²) in [6.07, 6.45) is -0.169. The van der Waals surface area contributed by atoms with Crippen LogP contribution >= 0.6 is 23.2 Å². The van der Waals surface area contributed by atoms with Gasteiger partial charge in [0.05, 0.1) is 0 Å². The van der Waals surface area contributed by atoms with E-state index in [1.165, 1.54) is 36.1 Å². The molecular formula is C17H14Cl2F2N2O2. The molecule has 4 nitrogen and oxygen atoms in total. The first-order chi connectivity index (χ1) is 11.8. The number of carbonyl (C=O) groups is 2. The van der Waals surface area contributed by atoms with Crippen molar-refractivity contribution >= 4 is 46.4 Å². The van der Waals surface area contributed by atoms with Crippen molar-refractivity contribution in [3.63, 3.8) is 0 Å². The second-order valence-electron chi connectivity index (χ2n) is 5.19. The Kier molecular flexibility index (Phi) is 6.33. The molecule has 2 aromatic carbocycles. The van der Waals surface area contributed by atoms with Crippen LogP contribution in [0.15, 0.2) is 36.4 Å². The van der Waals surface area contributed by atoms with Crippen LogP contribution in [0.5, 0.6) is 0 Å². The fourth-order valence-corrected chi connectivity index (χ4v) is 2.71. The lowest BCUT2D eigenvalue weighted by molar-refractivity contribution is -0.117. The number of nitrogens with one attached hydrogen (secondary N) is 1. The van der Waals surface area contributed by atoms with Crippen molar-refractivity contribution in [2.75, 3.05) is 16.8 Å². The number of nitrogens with zero attached hydrogens (tertiary/aromatic N) is 1. The first-order valence-electron chi connectivity index (χ1n) is 7.26. The van der Waals surface area contributed by atoms with Crippen molar-refractivity contribution in [3.8, 4) is 0 Å². The molecule has 2 amide bonds. The standard InChI is InChI=1S/C17H14Cl2F2N2O2/c1-10(24)23(13-8-11(18)7-12(19)9-13)6-5-16(25)22-17-14(20)3-2-4-15(17)21/h2-4,7-9H,5-6H2,1H3,(H,22,25). The van der Waals surface area contributed by atoms with Crippen LogP contribution in [0.2, 0.25) is 10.0 Å². The summed E-state index contributed by atoms with van der Waals surface area (Å²) >= 11 is 11.8. The number of carbonyl (C=O) groups excluding carboxylic acids is 2. The van der Waals surface area contributed by atoms with Crippen molar-refractivity contribution in [1.29, 1.82) is 0 Å². The van der Waals surface area contributed by atoms with E-state index < -0.39 is 23.2 Å². The number of halogens is 4. The van der Waals surface area contributed by atoms with Gasteiger partial charge < -0.3 is 10.2 Å². The quantitative estimate of drug-likeness (QED) is 0.812. The number of rotatable bonds is 5. The van der Waals surface area contributed by atoms with E-state index in [1.54, 1.807) is 0 Å².